The number of rotatable bonds is 3. The molecule has 0 spiro atoms. The Kier molecular flexibility index (Phi) is 4.16. The van der Waals surface area contributed by atoms with Gasteiger partial charge in [-0.2, -0.15) is 0 Å². The van der Waals surface area contributed by atoms with Crippen molar-refractivity contribution in [2.24, 2.45) is 0 Å². The van der Waals surface area contributed by atoms with E-state index in [4.69, 9.17) is 23.2 Å². The van der Waals surface area contributed by atoms with Crippen LogP contribution in [0.3, 0.4) is 0 Å². The van der Waals surface area contributed by atoms with Gasteiger partial charge in [0.2, 0.25) is 0 Å². The molecule has 3 nitrogen and oxygen atoms in total. The number of nitrogens with one attached hydrogen (secondary N) is 1. The Bertz CT molecular complexity index is 397. The summed E-state index contributed by atoms with van der Waals surface area (Å²) in [4.78, 5) is 8.56. The molecule has 0 aliphatic carbocycles. The van der Waals surface area contributed by atoms with Gasteiger partial charge in [0.1, 0.15) is 16.8 Å². The fourth-order valence-corrected chi connectivity index (χ4v) is 1.28. The second kappa shape index (κ2) is 5.02. The van der Waals surface area contributed by atoms with Crippen molar-refractivity contribution in [2.45, 2.75) is 26.2 Å². The van der Waals surface area contributed by atoms with Gasteiger partial charge in [0, 0.05) is 16.5 Å². The Morgan fingerprint density at radius 3 is 2.56 bits per heavy atom. The molecule has 0 amide bonds. The molecule has 1 rings (SSSR count). The van der Waals surface area contributed by atoms with Gasteiger partial charge in [0.15, 0.2) is 0 Å². The first-order chi connectivity index (χ1) is 7.29. The standard InChI is InChI=1S/C11H15Cl2N3/c1-7(12)6-14-9-5-8(13)15-10(16-9)11(2,3)4/h5H,1,6H2,2-4H3,(H,14,15,16). The molecule has 1 heterocycles. The van der Waals surface area contributed by atoms with E-state index in [2.05, 4.69) is 21.9 Å². The number of nitrogens with zero attached hydrogens (tertiary/aromatic N) is 2. The maximum Gasteiger partial charge on any atom is 0.137 e. The third-order valence-corrected chi connectivity index (χ3v) is 2.15. The van der Waals surface area contributed by atoms with E-state index in [1.165, 1.54) is 0 Å². The molecule has 0 aromatic carbocycles. The number of hydrogen-bond donors (Lipinski definition) is 1. The molecule has 0 saturated carbocycles. The van der Waals surface area contributed by atoms with Crippen LogP contribution in [0.5, 0.6) is 0 Å². The normalized spacial score (nSPS) is 11.3. The highest BCUT2D eigenvalue weighted by Gasteiger charge is 2.18. The maximum atomic E-state index is 5.92. The van der Waals surface area contributed by atoms with Gasteiger partial charge >= 0.3 is 0 Å². The number of anilines is 1. The number of aromatic nitrogens is 2. The second-order valence-corrected chi connectivity index (χ2v) is 5.44. The minimum atomic E-state index is -0.140. The average Bonchev–Trinajstić information content (AvgIpc) is 2.12. The molecular weight excluding hydrogens is 245 g/mol. The van der Waals surface area contributed by atoms with Gasteiger partial charge in [-0.25, -0.2) is 9.97 Å². The van der Waals surface area contributed by atoms with Gasteiger partial charge in [0.25, 0.3) is 0 Å². The van der Waals surface area contributed by atoms with Crippen molar-refractivity contribution in [3.63, 3.8) is 0 Å². The summed E-state index contributed by atoms with van der Waals surface area (Å²) < 4.78 is 0. The molecule has 0 aliphatic heterocycles. The molecule has 0 bridgehead atoms. The van der Waals surface area contributed by atoms with E-state index >= 15 is 0 Å². The zero-order valence-electron chi connectivity index (χ0n) is 9.64. The highest BCUT2D eigenvalue weighted by molar-refractivity contribution is 6.30. The van der Waals surface area contributed by atoms with Crippen molar-refractivity contribution in [3.05, 3.63) is 28.7 Å². The average molecular weight is 260 g/mol. The van der Waals surface area contributed by atoms with Crippen LogP contribution in [0.25, 0.3) is 0 Å². The maximum absolute atomic E-state index is 5.92. The van der Waals surface area contributed by atoms with E-state index in [0.29, 0.717) is 28.4 Å². The largest absolute Gasteiger partial charge is 0.365 e. The fraction of sp³-hybridized carbons (Fsp3) is 0.455. The molecule has 5 heteroatoms. The summed E-state index contributed by atoms with van der Waals surface area (Å²) in [5, 5.41) is 3.97. The lowest BCUT2D eigenvalue weighted by Crippen LogP contribution is -2.17. The van der Waals surface area contributed by atoms with E-state index in [1.807, 2.05) is 20.8 Å². The first-order valence-electron chi connectivity index (χ1n) is 4.91. The summed E-state index contributed by atoms with van der Waals surface area (Å²) >= 11 is 11.6. The summed E-state index contributed by atoms with van der Waals surface area (Å²) in [5.74, 6) is 1.36. The van der Waals surface area contributed by atoms with Crippen LogP contribution in [0.1, 0.15) is 26.6 Å². The van der Waals surface area contributed by atoms with Crippen LogP contribution in [-0.2, 0) is 5.41 Å². The lowest BCUT2D eigenvalue weighted by atomic mass is 9.96. The number of halogens is 2. The quantitative estimate of drug-likeness (QED) is 0.844. The lowest BCUT2D eigenvalue weighted by Gasteiger charge is -2.17. The van der Waals surface area contributed by atoms with Gasteiger partial charge in [-0.3, -0.25) is 0 Å². The van der Waals surface area contributed by atoms with Crippen molar-refractivity contribution in [1.29, 1.82) is 0 Å². The van der Waals surface area contributed by atoms with Crippen LogP contribution in [0.2, 0.25) is 5.15 Å². The van der Waals surface area contributed by atoms with E-state index < -0.39 is 0 Å². The first-order valence-corrected chi connectivity index (χ1v) is 5.67. The Hall–Kier alpha value is -0.800. The van der Waals surface area contributed by atoms with E-state index in [-0.39, 0.29) is 5.41 Å². The van der Waals surface area contributed by atoms with Crippen LogP contribution >= 0.6 is 23.2 Å². The molecule has 0 radical (unpaired) electrons. The predicted octanol–water partition coefficient (Wildman–Crippen LogP) is 3.59. The van der Waals surface area contributed by atoms with Crippen LogP contribution in [-0.4, -0.2) is 16.5 Å². The zero-order valence-corrected chi connectivity index (χ0v) is 11.2. The highest BCUT2D eigenvalue weighted by Crippen LogP contribution is 2.22. The van der Waals surface area contributed by atoms with Gasteiger partial charge in [-0.15, -0.1) is 0 Å². The third-order valence-electron chi connectivity index (χ3n) is 1.83. The lowest BCUT2D eigenvalue weighted by molar-refractivity contribution is 0.546. The van der Waals surface area contributed by atoms with Gasteiger partial charge in [-0.05, 0) is 0 Å². The molecule has 1 aromatic rings. The summed E-state index contributed by atoms with van der Waals surface area (Å²) in [7, 11) is 0. The zero-order chi connectivity index (χ0) is 12.3. The van der Waals surface area contributed by atoms with Crippen LogP contribution in [0, 0.1) is 0 Å². The van der Waals surface area contributed by atoms with Crippen molar-refractivity contribution < 1.29 is 0 Å². The van der Waals surface area contributed by atoms with E-state index in [0.717, 1.165) is 0 Å². The molecule has 0 saturated heterocycles. The van der Waals surface area contributed by atoms with Gasteiger partial charge in [0.05, 0.1) is 6.54 Å². The van der Waals surface area contributed by atoms with Gasteiger partial charge in [-0.1, -0.05) is 50.6 Å². The van der Waals surface area contributed by atoms with Crippen LogP contribution in [0.4, 0.5) is 5.82 Å². The van der Waals surface area contributed by atoms with E-state index in [1.54, 1.807) is 6.07 Å². The molecule has 16 heavy (non-hydrogen) atoms. The molecule has 88 valence electrons. The molecule has 0 unspecified atom stereocenters. The Morgan fingerprint density at radius 2 is 2.06 bits per heavy atom. The van der Waals surface area contributed by atoms with Crippen LogP contribution < -0.4 is 5.32 Å². The SMILES string of the molecule is C=C(Cl)CNc1cc(Cl)nc(C(C)(C)C)n1. The van der Waals surface area contributed by atoms with E-state index in [9.17, 15) is 0 Å². The monoisotopic (exact) mass is 259 g/mol. The van der Waals surface area contributed by atoms with Crippen molar-refractivity contribution in [3.8, 4) is 0 Å². The Morgan fingerprint density at radius 1 is 1.44 bits per heavy atom. The third kappa shape index (κ3) is 3.99. The summed E-state index contributed by atoms with van der Waals surface area (Å²) in [6, 6.07) is 1.66. The molecule has 1 aromatic heterocycles. The van der Waals surface area contributed by atoms with Crippen molar-refractivity contribution >= 4 is 29.0 Å². The summed E-state index contributed by atoms with van der Waals surface area (Å²) in [6.07, 6.45) is 0. The van der Waals surface area contributed by atoms with Crippen molar-refractivity contribution in [1.82, 2.24) is 9.97 Å². The molecule has 0 atom stereocenters. The second-order valence-electron chi connectivity index (χ2n) is 4.52. The smallest absolute Gasteiger partial charge is 0.137 e. The van der Waals surface area contributed by atoms with Gasteiger partial charge < -0.3 is 5.32 Å². The molecular formula is C11H15Cl2N3. The molecule has 1 N–H and O–H groups in total. The molecule has 0 aliphatic rings. The summed E-state index contributed by atoms with van der Waals surface area (Å²) in [6.45, 7) is 10.1. The number of hydrogen-bond acceptors (Lipinski definition) is 3. The Balaban J connectivity index is 2.94. The minimum absolute atomic E-state index is 0.140. The van der Waals surface area contributed by atoms with Crippen LogP contribution in [0.15, 0.2) is 17.7 Å². The Labute approximate surface area is 106 Å². The molecule has 0 fully saturated rings. The minimum Gasteiger partial charge on any atom is -0.365 e. The fourth-order valence-electron chi connectivity index (χ4n) is 1.03. The highest BCUT2D eigenvalue weighted by atomic mass is 35.5. The topological polar surface area (TPSA) is 37.8 Å². The first kappa shape index (κ1) is 13.3. The van der Waals surface area contributed by atoms with Crippen molar-refractivity contribution in [2.75, 3.05) is 11.9 Å². The summed E-state index contributed by atoms with van der Waals surface area (Å²) in [5.41, 5.74) is -0.140. The predicted molar refractivity (Wildman–Crippen MR) is 69.2 cm³/mol.